The molecule has 0 aliphatic carbocycles. The predicted octanol–water partition coefficient (Wildman–Crippen LogP) is 0.808. The summed E-state index contributed by atoms with van der Waals surface area (Å²) in [5, 5.41) is 5.40. The normalized spacial score (nSPS) is 12.9. The van der Waals surface area contributed by atoms with Crippen LogP contribution in [0.1, 0.15) is 27.7 Å². The van der Waals surface area contributed by atoms with Crippen LogP contribution in [0.25, 0.3) is 0 Å². The third-order valence-corrected chi connectivity index (χ3v) is 2.07. The number of rotatable bonds is 3. The van der Waals surface area contributed by atoms with Gasteiger partial charge in [0.1, 0.15) is 0 Å². The minimum absolute atomic E-state index is 0.0598. The molecule has 0 aliphatic heterocycles. The molecule has 2 N–H and O–H groups in total. The maximum Gasteiger partial charge on any atom is 0.317 e. The Balaban J connectivity index is 4.21. The number of urea groups is 1. The van der Waals surface area contributed by atoms with Crippen molar-refractivity contribution in [2.75, 3.05) is 20.6 Å². The molecule has 0 aromatic heterocycles. The van der Waals surface area contributed by atoms with Crippen LogP contribution in [0.4, 0.5) is 4.79 Å². The Labute approximate surface area is 97.6 Å². The molecule has 0 heterocycles. The number of carbonyl (C=O) groups excluding carboxylic acids is 2. The summed E-state index contributed by atoms with van der Waals surface area (Å²) in [5.41, 5.74) is -0.262. The average Bonchev–Trinajstić information content (AvgIpc) is 2.13. The highest BCUT2D eigenvalue weighted by atomic mass is 16.2. The van der Waals surface area contributed by atoms with Gasteiger partial charge in [-0.3, -0.25) is 4.79 Å². The molecule has 0 saturated heterocycles. The zero-order chi connectivity index (χ0) is 12.9. The van der Waals surface area contributed by atoms with Crippen molar-refractivity contribution in [3.63, 3.8) is 0 Å². The number of hydrogen-bond acceptors (Lipinski definition) is 2. The molecule has 5 heteroatoms. The van der Waals surface area contributed by atoms with Gasteiger partial charge in [0.15, 0.2) is 0 Å². The summed E-state index contributed by atoms with van der Waals surface area (Å²) >= 11 is 0. The standard InChI is InChI=1S/C11H23N3O2/c1-8(9(15)12-5)7-14(6)10(16)13-11(2,3)4/h8H,7H2,1-6H3,(H,12,15)(H,13,16). The molecule has 0 rings (SSSR count). The summed E-state index contributed by atoms with van der Waals surface area (Å²) in [6.45, 7) is 7.95. The average molecular weight is 229 g/mol. The zero-order valence-electron chi connectivity index (χ0n) is 11.0. The number of amides is 3. The third kappa shape index (κ3) is 5.58. The van der Waals surface area contributed by atoms with E-state index in [1.807, 2.05) is 20.8 Å². The fraction of sp³-hybridized carbons (Fsp3) is 0.818. The zero-order valence-corrected chi connectivity index (χ0v) is 11.0. The second kappa shape index (κ2) is 5.72. The molecule has 1 atom stereocenters. The van der Waals surface area contributed by atoms with Gasteiger partial charge < -0.3 is 15.5 Å². The number of carbonyl (C=O) groups is 2. The first kappa shape index (κ1) is 14.7. The molecule has 0 saturated carbocycles. The lowest BCUT2D eigenvalue weighted by Crippen LogP contribution is -2.49. The van der Waals surface area contributed by atoms with Crippen LogP contribution in [-0.2, 0) is 4.79 Å². The molecule has 0 spiro atoms. The maximum absolute atomic E-state index is 11.7. The van der Waals surface area contributed by atoms with Gasteiger partial charge in [0, 0.05) is 26.2 Å². The Morgan fingerprint density at radius 1 is 1.31 bits per heavy atom. The van der Waals surface area contributed by atoms with Gasteiger partial charge in [0.2, 0.25) is 5.91 Å². The molecule has 0 aromatic rings. The summed E-state index contributed by atoms with van der Waals surface area (Å²) in [5.74, 6) is -0.267. The first-order valence-electron chi connectivity index (χ1n) is 5.42. The molecule has 0 fully saturated rings. The Kier molecular flexibility index (Phi) is 5.27. The van der Waals surface area contributed by atoms with E-state index in [2.05, 4.69) is 10.6 Å². The highest BCUT2D eigenvalue weighted by molar-refractivity contribution is 5.79. The fourth-order valence-corrected chi connectivity index (χ4v) is 1.24. The van der Waals surface area contributed by atoms with Gasteiger partial charge in [-0.05, 0) is 20.8 Å². The van der Waals surface area contributed by atoms with Crippen molar-refractivity contribution in [1.29, 1.82) is 0 Å². The van der Waals surface area contributed by atoms with Gasteiger partial charge in [0.25, 0.3) is 0 Å². The highest BCUT2D eigenvalue weighted by Crippen LogP contribution is 2.03. The second-order valence-electron chi connectivity index (χ2n) is 5.08. The number of nitrogens with one attached hydrogen (secondary N) is 2. The van der Waals surface area contributed by atoms with Gasteiger partial charge in [-0.2, -0.15) is 0 Å². The van der Waals surface area contributed by atoms with Gasteiger partial charge in [-0.1, -0.05) is 6.92 Å². The van der Waals surface area contributed by atoms with E-state index >= 15 is 0 Å². The van der Waals surface area contributed by atoms with Crippen molar-refractivity contribution < 1.29 is 9.59 Å². The Bertz CT molecular complexity index is 258. The summed E-state index contributed by atoms with van der Waals surface area (Å²) in [6, 6.07) is -0.164. The van der Waals surface area contributed by atoms with E-state index in [0.29, 0.717) is 6.54 Å². The maximum atomic E-state index is 11.7. The van der Waals surface area contributed by atoms with Crippen LogP contribution in [0.3, 0.4) is 0 Å². The van der Waals surface area contributed by atoms with Gasteiger partial charge in [-0.25, -0.2) is 4.79 Å². The largest absolute Gasteiger partial charge is 0.359 e. The molecular weight excluding hydrogens is 206 g/mol. The van der Waals surface area contributed by atoms with E-state index in [4.69, 9.17) is 0 Å². The first-order chi connectivity index (χ1) is 7.17. The van der Waals surface area contributed by atoms with E-state index in [1.54, 1.807) is 21.0 Å². The Morgan fingerprint density at radius 2 is 1.81 bits per heavy atom. The van der Waals surface area contributed by atoms with E-state index in [1.165, 1.54) is 4.90 Å². The van der Waals surface area contributed by atoms with Crippen LogP contribution in [0, 0.1) is 5.92 Å². The van der Waals surface area contributed by atoms with E-state index < -0.39 is 0 Å². The molecule has 1 unspecified atom stereocenters. The first-order valence-corrected chi connectivity index (χ1v) is 5.42. The molecule has 0 bridgehead atoms. The monoisotopic (exact) mass is 229 g/mol. The molecule has 5 nitrogen and oxygen atoms in total. The van der Waals surface area contributed by atoms with Crippen LogP contribution < -0.4 is 10.6 Å². The second-order valence-corrected chi connectivity index (χ2v) is 5.08. The third-order valence-electron chi connectivity index (χ3n) is 2.07. The lowest BCUT2D eigenvalue weighted by molar-refractivity contribution is -0.124. The smallest absolute Gasteiger partial charge is 0.317 e. The molecule has 0 aliphatic rings. The SMILES string of the molecule is CNC(=O)C(C)CN(C)C(=O)NC(C)(C)C. The van der Waals surface area contributed by atoms with Crippen molar-refractivity contribution in [1.82, 2.24) is 15.5 Å². The van der Waals surface area contributed by atoms with E-state index in [0.717, 1.165) is 0 Å². The predicted molar refractivity (Wildman–Crippen MR) is 64.1 cm³/mol. The van der Waals surface area contributed by atoms with E-state index in [-0.39, 0.29) is 23.4 Å². The van der Waals surface area contributed by atoms with Crippen LogP contribution >= 0.6 is 0 Å². The molecule has 0 radical (unpaired) electrons. The minimum Gasteiger partial charge on any atom is -0.359 e. The lowest BCUT2D eigenvalue weighted by Gasteiger charge is -2.27. The van der Waals surface area contributed by atoms with Gasteiger partial charge in [0.05, 0.1) is 5.92 Å². The number of nitrogens with zero attached hydrogens (tertiary/aromatic N) is 1. The lowest BCUT2D eigenvalue weighted by atomic mass is 10.1. The minimum atomic E-state index is -0.262. The molecule has 3 amide bonds. The highest BCUT2D eigenvalue weighted by Gasteiger charge is 2.20. The topological polar surface area (TPSA) is 61.4 Å². The molecule has 16 heavy (non-hydrogen) atoms. The Morgan fingerprint density at radius 3 is 2.19 bits per heavy atom. The van der Waals surface area contributed by atoms with Crippen molar-refractivity contribution in [2.45, 2.75) is 33.2 Å². The van der Waals surface area contributed by atoms with Gasteiger partial charge >= 0.3 is 6.03 Å². The quantitative estimate of drug-likeness (QED) is 0.752. The van der Waals surface area contributed by atoms with Crippen LogP contribution in [0.5, 0.6) is 0 Å². The summed E-state index contributed by atoms with van der Waals surface area (Å²) in [6.07, 6.45) is 0. The number of hydrogen-bond donors (Lipinski definition) is 2. The summed E-state index contributed by atoms with van der Waals surface area (Å²) < 4.78 is 0. The molecule has 94 valence electrons. The van der Waals surface area contributed by atoms with Gasteiger partial charge in [-0.15, -0.1) is 0 Å². The molecular formula is C11H23N3O2. The van der Waals surface area contributed by atoms with Crippen molar-refractivity contribution in [2.24, 2.45) is 5.92 Å². The van der Waals surface area contributed by atoms with Crippen molar-refractivity contribution in [3.05, 3.63) is 0 Å². The Hall–Kier alpha value is -1.26. The van der Waals surface area contributed by atoms with Crippen molar-refractivity contribution in [3.8, 4) is 0 Å². The molecule has 0 aromatic carbocycles. The summed E-state index contributed by atoms with van der Waals surface area (Å²) in [7, 11) is 3.27. The van der Waals surface area contributed by atoms with Crippen LogP contribution in [-0.4, -0.2) is 43.0 Å². The summed E-state index contributed by atoms with van der Waals surface area (Å²) in [4.78, 5) is 24.5. The van der Waals surface area contributed by atoms with Crippen molar-refractivity contribution >= 4 is 11.9 Å². The fourth-order valence-electron chi connectivity index (χ4n) is 1.24. The van der Waals surface area contributed by atoms with E-state index in [9.17, 15) is 9.59 Å². The van der Waals surface area contributed by atoms with Crippen LogP contribution in [0.15, 0.2) is 0 Å². The van der Waals surface area contributed by atoms with Crippen LogP contribution in [0.2, 0.25) is 0 Å².